The molecule has 0 aromatic heterocycles. The van der Waals surface area contributed by atoms with E-state index in [1.165, 1.54) is 0 Å². The Morgan fingerprint density at radius 1 is 1.52 bits per heavy atom. The molecule has 21 heavy (non-hydrogen) atoms. The van der Waals surface area contributed by atoms with E-state index in [0.29, 0.717) is 36.3 Å². The molecule has 1 aliphatic rings. The van der Waals surface area contributed by atoms with Gasteiger partial charge in [-0.05, 0) is 43.9 Å². The number of benzene rings is 1. The highest BCUT2D eigenvalue weighted by Crippen LogP contribution is 2.28. The summed E-state index contributed by atoms with van der Waals surface area (Å²) in [5, 5.41) is 3.27. The lowest BCUT2D eigenvalue weighted by Crippen LogP contribution is -2.44. The van der Waals surface area contributed by atoms with Gasteiger partial charge in [-0.2, -0.15) is 0 Å². The number of carbonyl (C=O) groups is 1. The molecule has 1 fully saturated rings. The number of amides is 1. The first-order valence-corrected chi connectivity index (χ1v) is 7.56. The molecule has 1 saturated heterocycles. The Hall–Kier alpha value is -1.30. The van der Waals surface area contributed by atoms with E-state index in [9.17, 15) is 4.79 Å². The van der Waals surface area contributed by atoms with Crippen LogP contribution in [-0.4, -0.2) is 31.8 Å². The molecule has 2 rings (SSSR count). The standard InChI is InChI=1S/C15H21ClN2O3/c1-2-21-13-4-3-11(9-12(13)16)18-15(19)14(17)10-5-7-20-8-6-10/h3-4,9-10,14H,2,5-8,17H2,1H3,(H,18,19). The van der Waals surface area contributed by atoms with E-state index in [4.69, 9.17) is 26.8 Å². The first kappa shape index (κ1) is 16.1. The van der Waals surface area contributed by atoms with Crippen LogP contribution in [0.5, 0.6) is 5.75 Å². The van der Waals surface area contributed by atoms with E-state index < -0.39 is 6.04 Å². The lowest BCUT2D eigenvalue weighted by molar-refractivity contribution is -0.119. The average molecular weight is 313 g/mol. The second kappa shape index (κ2) is 7.64. The molecule has 3 N–H and O–H groups in total. The van der Waals surface area contributed by atoms with Crippen molar-refractivity contribution in [3.8, 4) is 5.75 Å². The smallest absolute Gasteiger partial charge is 0.241 e. The number of nitrogens with two attached hydrogens (primary N) is 1. The van der Waals surface area contributed by atoms with Gasteiger partial charge in [0.1, 0.15) is 5.75 Å². The van der Waals surface area contributed by atoms with Gasteiger partial charge < -0.3 is 20.5 Å². The van der Waals surface area contributed by atoms with Gasteiger partial charge in [-0.15, -0.1) is 0 Å². The van der Waals surface area contributed by atoms with E-state index in [1.54, 1.807) is 18.2 Å². The van der Waals surface area contributed by atoms with Crippen molar-refractivity contribution in [1.82, 2.24) is 0 Å². The van der Waals surface area contributed by atoms with Crippen molar-refractivity contribution in [2.75, 3.05) is 25.1 Å². The maximum Gasteiger partial charge on any atom is 0.241 e. The second-order valence-electron chi connectivity index (χ2n) is 5.04. The highest BCUT2D eigenvalue weighted by molar-refractivity contribution is 6.32. The summed E-state index contributed by atoms with van der Waals surface area (Å²) in [4.78, 5) is 12.2. The number of carbonyl (C=O) groups excluding carboxylic acids is 1. The molecule has 116 valence electrons. The summed E-state index contributed by atoms with van der Waals surface area (Å²) in [5.41, 5.74) is 6.65. The normalized spacial score (nSPS) is 17.3. The Bertz CT molecular complexity index is 490. The van der Waals surface area contributed by atoms with Crippen LogP contribution in [0.4, 0.5) is 5.69 Å². The summed E-state index contributed by atoms with van der Waals surface area (Å²) >= 11 is 6.10. The summed E-state index contributed by atoms with van der Waals surface area (Å²) in [7, 11) is 0. The molecule has 0 bridgehead atoms. The minimum absolute atomic E-state index is 0.164. The highest BCUT2D eigenvalue weighted by atomic mass is 35.5. The molecule has 1 aliphatic heterocycles. The van der Waals surface area contributed by atoms with E-state index in [2.05, 4.69) is 5.32 Å². The topological polar surface area (TPSA) is 73.6 Å². The first-order chi connectivity index (χ1) is 10.1. The average Bonchev–Trinajstić information content (AvgIpc) is 2.50. The molecule has 1 unspecified atom stereocenters. The molecule has 0 saturated carbocycles. The Balaban J connectivity index is 1.96. The van der Waals surface area contributed by atoms with E-state index in [0.717, 1.165) is 12.8 Å². The monoisotopic (exact) mass is 312 g/mol. The molecule has 0 radical (unpaired) electrons. The maximum atomic E-state index is 12.2. The quantitative estimate of drug-likeness (QED) is 0.875. The van der Waals surface area contributed by atoms with Crippen LogP contribution < -0.4 is 15.8 Å². The third kappa shape index (κ3) is 4.33. The third-order valence-electron chi connectivity index (χ3n) is 3.58. The van der Waals surface area contributed by atoms with Gasteiger partial charge in [0.05, 0.1) is 17.7 Å². The third-order valence-corrected chi connectivity index (χ3v) is 3.87. The molecule has 0 spiro atoms. The maximum absolute atomic E-state index is 12.2. The Kier molecular flexibility index (Phi) is 5.85. The van der Waals surface area contributed by atoms with E-state index >= 15 is 0 Å². The minimum atomic E-state index is -0.528. The van der Waals surface area contributed by atoms with Gasteiger partial charge in [0, 0.05) is 18.9 Å². The van der Waals surface area contributed by atoms with E-state index in [1.807, 2.05) is 6.92 Å². The number of hydrogen-bond donors (Lipinski definition) is 2. The van der Waals surface area contributed by atoms with Crippen molar-refractivity contribution >= 4 is 23.2 Å². The zero-order valence-electron chi connectivity index (χ0n) is 12.1. The van der Waals surface area contributed by atoms with Gasteiger partial charge in [-0.1, -0.05) is 11.6 Å². The Morgan fingerprint density at radius 2 is 2.24 bits per heavy atom. The SMILES string of the molecule is CCOc1ccc(NC(=O)C(N)C2CCOCC2)cc1Cl. The van der Waals surface area contributed by atoms with Gasteiger partial charge in [0.25, 0.3) is 0 Å². The van der Waals surface area contributed by atoms with Crippen molar-refractivity contribution in [3.63, 3.8) is 0 Å². The molecule has 1 aromatic rings. The van der Waals surface area contributed by atoms with Crippen LogP contribution in [0.15, 0.2) is 18.2 Å². The predicted octanol–water partition coefficient (Wildman–Crippen LogP) is 2.43. The van der Waals surface area contributed by atoms with Crippen molar-refractivity contribution in [2.24, 2.45) is 11.7 Å². The molecule has 5 nitrogen and oxygen atoms in total. The first-order valence-electron chi connectivity index (χ1n) is 7.18. The van der Waals surface area contributed by atoms with Gasteiger partial charge >= 0.3 is 0 Å². The lowest BCUT2D eigenvalue weighted by Gasteiger charge is -2.26. The minimum Gasteiger partial charge on any atom is -0.492 e. The van der Waals surface area contributed by atoms with Crippen molar-refractivity contribution < 1.29 is 14.3 Å². The molecule has 6 heteroatoms. The molecule has 1 aromatic carbocycles. The zero-order valence-corrected chi connectivity index (χ0v) is 12.9. The Labute approximate surface area is 129 Å². The second-order valence-corrected chi connectivity index (χ2v) is 5.45. The number of rotatable bonds is 5. The van der Waals surface area contributed by atoms with Gasteiger partial charge in [-0.3, -0.25) is 4.79 Å². The molecular weight excluding hydrogens is 292 g/mol. The Morgan fingerprint density at radius 3 is 2.86 bits per heavy atom. The van der Waals surface area contributed by atoms with Crippen molar-refractivity contribution in [2.45, 2.75) is 25.8 Å². The summed E-state index contributed by atoms with van der Waals surface area (Å²) < 4.78 is 10.6. The fourth-order valence-corrected chi connectivity index (χ4v) is 2.60. The van der Waals surface area contributed by atoms with Gasteiger partial charge in [-0.25, -0.2) is 0 Å². The number of halogens is 1. The highest BCUT2D eigenvalue weighted by Gasteiger charge is 2.26. The number of hydrogen-bond acceptors (Lipinski definition) is 4. The molecular formula is C15H21ClN2O3. The van der Waals surface area contributed by atoms with Crippen LogP contribution in [0.2, 0.25) is 5.02 Å². The summed E-state index contributed by atoms with van der Waals surface area (Å²) in [6.45, 7) is 3.76. The van der Waals surface area contributed by atoms with Crippen LogP contribution in [0, 0.1) is 5.92 Å². The van der Waals surface area contributed by atoms with Crippen molar-refractivity contribution in [3.05, 3.63) is 23.2 Å². The van der Waals surface area contributed by atoms with Crippen LogP contribution in [0.3, 0.4) is 0 Å². The largest absolute Gasteiger partial charge is 0.492 e. The van der Waals surface area contributed by atoms with Crippen molar-refractivity contribution in [1.29, 1.82) is 0 Å². The number of ether oxygens (including phenoxy) is 2. The number of nitrogens with one attached hydrogen (secondary N) is 1. The zero-order chi connectivity index (χ0) is 15.2. The predicted molar refractivity (Wildman–Crippen MR) is 82.8 cm³/mol. The van der Waals surface area contributed by atoms with Crippen LogP contribution in [0.25, 0.3) is 0 Å². The summed E-state index contributed by atoms with van der Waals surface area (Å²) in [6.07, 6.45) is 1.64. The van der Waals surface area contributed by atoms with Gasteiger partial charge in [0.15, 0.2) is 0 Å². The summed E-state index contributed by atoms with van der Waals surface area (Å²) in [6, 6.07) is 4.63. The van der Waals surface area contributed by atoms with Gasteiger partial charge in [0.2, 0.25) is 5.91 Å². The molecule has 1 amide bonds. The van der Waals surface area contributed by atoms with Crippen LogP contribution in [0.1, 0.15) is 19.8 Å². The summed E-state index contributed by atoms with van der Waals surface area (Å²) in [5.74, 6) is 0.574. The lowest BCUT2D eigenvalue weighted by atomic mass is 9.92. The van der Waals surface area contributed by atoms with Crippen LogP contribution in [-0.2, 0) is 9.53 Å². The van der Waals surface area contributed by atoms with E-state index in [-0.39, 0.29) is 11.8 Å². The van der Waals surface area contributed by atoms with Crippen LogP contribution >= 0.6 is 11.6 Å². The fraction of sp³-hybridized carbons (Fsp3) is 0.533. The number of anilines is 1. The molecule has 0 aliphatic carbocycles. The molecule has 1 heterocycles. The fourth-order valence-electron chi connectivity index (χ4n) is 2.37. The molecule has 1 atom stereocenters.